The van der Waals surface area contributed by atoms with Gasteiger partial charge >= 0.3 is 6.18 Å². The van der Waals surface area contributed by atoms with Crippen LogP contribution in [-0.4, -0.2) is 56.2 Å². The van der Waals surface area contributed by atoms with Crippen LogP contribution >= 0.6 is 0 Å². The summed E-state index contributed by atoms with van der Waals surface area (Å²) in [6, 6.07) is 2.29. The van der Waals surface area contributed by atoms with Crippen LogP contribution in [0.3, 0.4) is 0 Å². The second-order valence-electron chi connectivity index (χ2n) is 9.52. The van der Waals surface area contributed by atoms with Gasteiger partial charge in [0.05, 0.1) is 18.0 Å². The third-order valence-corrected chi connectivity index (χ3v) is 7.49. The molecule has 6 rings (SSSR count). The fraction of sp³-hybridized carbons (Fsp3) is 0.500. The molecule has 3 atom stereocenters. The molecule has 35 heavy (non-hydrogen) atoms. The molecule has 5 heterocycles. The number of pyridine rings is 1. The Kier molecular flexibility index (Phi) is 4.77. The van der Waals surface area contributed by atoms with E-state index in [-0.39, 0.29) is 29.1 Å². The Morgan fingerprint density at radius 1 is 1.11 bits per heavy atom. The second-order valence-corrected chi connectivity index (χ2v) is 9.52. The van der Waals surface area contributed by atoms with E-state index in [4.69, 9.17) is 0 Å². The summed E-state index contributed by atoms with van der Waals surface area (Å²) in [4.78, 5) is 29.2. The third kappa shape index (κ3) is 3.59. The number of hydrogen-bond donors (Lipinski definition) is 0. The van der Waals surface area contributed by atoms with Crippen molar-refractivity contribution in [1.29, 1.82) is 0 Å². The molecule has 0 radical (unpaired) electrons. The predicted octanol–water partition coefficient (Wildman–Crippen LogP) is 3.53. The van der Waals surface area contributed by atoms with Gasteiger partial charge in [-0.1, -0.05) is 0 Å². The van der Waals surface area contributed by atoms with Crippen LogP contribution < -0.4 is 9.80 Å². The summed E-state index contributed by atoms with van der Waals surface area (Å²) >= 11 is 0. The van der Waals surface area contributed by atoms with E-state index >= 15 is 0 Å². The summed E-state index contributed by atoms with van der Waals surface area (Å²) in [5.74, 6) is 0.845. The first-order valence-corrected chi connectivity index (χ1v) is 11.2. The molecule has 3 fully saturated rings. The molecule has 2 bridgehead atoms. The van der Waals surface area contributed by atoms with E-state index in [9.17, 15) is 26.7 Å². The number of halogens is 5. The van der Waals surface area contributed by atoms with E-state index in [1.54, 1.807) is 6.20 Å². The summed E-state index contributed by atoms with van der Waals surface area (Å²) in [6.45, 7) is 0.479. The van der Waals surface area contributed by atoms with Crippen molar-refractivity contribution < 1.29 is 26.7 Å². The van der Waals surface area contributed by atoms with Crippen LogP contribution in [0.1, 0.15) is 24.8 Å². The van der Waals surface area contributed by atoms with Crippen molar-refractivity contribution in [3.63, 3.8) is 0 Å². The molecule has 184 valence electrons. The maximum atomic E-state index is 12.9. The molecule has 2 saturated heterocycles. The Labute approximate surface area is 195 Å². The first kappa shape index (κ1) is 22.1. The number of amides is 1. The van der Waals surface area contributed by atoms with Crippen LogP contribution in [0.4, 0.5) is 33.6 Å². The summed E-state index contributed by atoms with van der Waals surface area (Å²) in [7, 11) is 0. The quantitative estimate of drug-likeness (QED) is 0.518. The molecule has 1 aliphatic carbocycles. The monoisotopic (exact) mass is 493 g/mol. The standard InChI is InChI=1S/C22H20F5N7O/c23-16(24)10-34-20-15(7-30-34)28-8-18(31-20)32-9-13-3-14(32)4-21(13)5-19(35)33(11-21)17-2-1-12(6-29-17)22(25,26)27/h1-2,6-8,13-14,16H,3-5,9-11H2/t13?,14?,21-/m1/s1. The van der Waals surface area contributed by atoms with Crippen LogP contribution in [0.5, 0.6) is 0 Å². The summed E-state index contributed by atoms with van der Waals surface area (Å²) in [6.07, 6.45) is -1.39. The fourth-order valence-electron chi connectivity index (χ4n) is 5.90. The molecule has 1 spiro atoms. The fourth-order valence-corrected chi connectivity index (χ4v) is 5.90. The molecular weight excluding hydrogens is 473 g/mol. The number of carbonyl (C=O) groups excluding carboxylic acids is 1. The highest BCUT2D eigenvalue weighted by Gasteiger charge is 2.59. The highest BCUT2D eigenvalue weighted by molar-refractivity contribution is 5.95. The van der Waals surface area contributed by atoms with Gasteiger partial charge in [-0.15, -0.1) is 0 Å². The van der Waals surface area contributed by atoms with Crippen LogP contribution in [0.25, 0.3) is 11.2 Å². The van der Waals surface area contributed by atoms with Crippen molar-refractivity contribution in [3.8, 4) is 0 Å². The summed E-state index contributed by atoms with van der Waals surface area (Å²) in [5.41, 5.74) is -0.393. The SMILES string of the molecule is O=C1C[C@]2(CC3CC2CN3c2cnc3cnn(CC(F)F)c3n2)CN1c1ccc(C(F)(F)F)cn1. The Hall–Kier alpha value is -3.38. The molecule has 3 aromatic heterocycles. The molecule has 3 aliphatic rings. The number of hydrogen-bond acceptors (Lipinski definition) is 6. The van der Waals surface area contributed by atoms with Gasteiger partial charge in [-0.2, -0.15) is 18.3 Å². The second kappa shape index (κ2) is 7.56. The highest BCUT2D eigenvalue weighted by Crippen LogP contribution is 2.56. The van der Waals surface area contributed by atoms with Crippen molar-refractivity contribution in [3.05, 3.63) is 36.3 Å². The van der Waals surface area contributed by atoms with Crippen molar-refractivity contribution in [2.45, 2.75) is 44.5 Å². The molecule has 2 aliphatic heterocycles. The van der Waals surface area contributed by atoms with Crippen LogP contribution in [0.15, 0.2) is 30.7 Å². The maximum absolute atomic E-state index is 12.9. The van der Waals surface area contributed by atoms with E-state index < -0.39 is 24.7 Å². The lowest BCUT2D eigenvalue weighted by molar-refractivity contribution is -0.137. The number of anilines is 2. The molecule has 13 heteroatoms. The zero-order valence-electron chi connectivity index (χ0n) is 18.3. The van der Waals surface area contributed by atoms with Crippen molar-refractivity contribution in [2.75, 3.05) is 22.9 Å². The van der Waals surface area contributed by atoms with Crippen molar-refractivity contribution in [1.82, 2.24) is 24.7 Å². The first-order valence-electron chi connectivity index (χ1n) is 11.2. The largest absolute Gasteiger partial charge is 0.417 e. The number of rotatable bonds is 4. The Bertz CT molecular complexity index is 1290. The number of piperidine rings is 1. The highest BCUT2D eigenvalue weighted by atomic mass is 19.4. The van der Waals surface area contributed by atoms with Gasteiger partial charge in [0.15, 0.2) is 5.65 Å². The van der Waals surface area contributed by atoms with Crippen LogP contribution in [0, 0.1) is 11.3 Å². The van der Waals surface area contributed by atoms with E-state index in [1.165, 1.54) is 17.2 Å². The number of aromatic nitrogens is 5. The first-order chi connectivity index (χ1) is 16.6. The van der Waals surface area contributed by atoms with E-state index in [1.807, 2.05) is 0 Å². The lowest BCUT2D eigenvalue weighted by atomic mass is 9.75. The molecule has 0 N–H and O–H groups in total. The number of nitrogens with zero attached hydrogens (tertiary/aromatic N) is 7. The van der Waals surface area contributed by atoms with E-state index in [0.717, 1.165) is 29.8 Å². The number of fused-ring (bicyclic) bond motifs is 4. The Balaban J connectivity index is 1.20. The average molecular weight is 493 g/mol. The van der Waals surface area contributed by atoms with Gasteiger partial charge in [0.2, 0.25) is 5.91 Å². The lowest BCUT2D eigenvalue weighted by Gasteiger charge is -2.38. The van der Waals surface area contributed by atoms with E-state index in [0.29, 0.717) is 36.5 Å². The number of carbonyl (C=O) groups is 1. The van der Waals surface area contributed by atoms with Gasteiger partial charge in [-0.3, -0.25) is 9.69 Å². The molecule has 1 amide bonds. The van der Waals surface area contributed by atoms with Crippen molar-refractivity contribution >= 4 is 28.7 Å². The zero-order chi connectivity index (χ0) is 24.5. The van der Waals surface area contributed by atoms with Crippen LogP contribution in [0.2, 0.25) is 0 Å². The van der Waals surface area contributed by atoms with Gasteiger partial charge in [-0.25, -0.2) is 28.4 Å². The summed E-state index contributed by atoms with van der Waals surface area (Å²) in [5, 5.41) is 3.96. The van der Waals surface area contributed by atoms with Gasteiger partial charge in [0, 0.05) is 37.2 Å². The van der Waals surface area contributed by atoms with Crippen molar-refractivity contribution in [2.24, 2.45) is 11.3 Å². The predicted molar refractivity (Wildman–Crippen MR) is 114 cm³/mol. The zero-order valence-corrected chi connectivity index (χ0v) is 18.3. The molecule has 3 aromatic rings. The maximum Gasteiger partial charge on any atom is 0.417 e. The minimum atomic E-state index is -4.49. The molecular formula is C22H20F5N7O. The number of alkyl halides is 5. The van der Waals surface area contributed by atoms with Gasteiger partial charge in [0.1, 0.15) is 23.7 Å². The lowest BCUT2D eigenvalue weighted by Crippen LogP contribution is -2.43. The smallest absolute Gasteiger partial charge is 0.352 e. The van der Waals surface area contributed by atoms with Gasteiger partial charge < -0.3 is 4.90 Å². The minimum absolute atomic E-state index is 0.103. The van der Waals surface area contributed by atoms with E-state index in [2.05, 4.69) is 25.0 Å². The summed E-state index contributed by atoms with van der Waals surface area (Å²) < 4.78 is 65.5. The van der Waals surface area contributed by atoms with Crippen LogP contribution in [-0.2, 0) is 17.5 Å². The third-order valence-electron chi connectivity index (χ3n) is 7.49. The molecule has 0 aromatic carbocycles. The Morgan fingerprint density at radius 2 is 1.94 bits per heavy atom. The normalized spacial score (nSPS) is 26.3. The molecule has 2 unspecified atom stereocenters. The Morgan fingerprint density at radius 3 is 2.60 bits per heavy atom. The topological polar surface area (TPSA) is 80.0 Å². The minimum Gasteiger partial charge on any atom is -0.352 e. The van der Waals surface area contributed by atoms with Gasteiger partial charge in [0.25, 0.3) is 6.43 Å². The average Bonchev–Trinajstić information content (AvgIpc) is 3.56. The van der Waals surface area contributed by atoms with Gasteiger partial charge in [-0.05, 0) is 30.9 Å². The molecule has 8 nitrogen and oxygen atoms in total. The molecule has 1 saturated carbocycles.